The van der Waals surface area contributed by atoms with Gasteiger partial charge in [0, 0.05) is 43.2 Å². The van der Waals surface area contributed by atoms with E-state index < -0.39 is 22.9 Å². The quantitative estimate of drug-likeness (QED) is 0.346. The van der Waals surface area contributed by atoms with E-state index in [1.165, 1.54) is 6.07 Å². The monoisotopic (exact) mass is 623 g/mol. The second-order valence-corrected chi connectivity index (χ2v) is 13.2. The molecule has 2 bridgehead atoms. The van der Waals surface area contributed by atoms with Crippen LogP contribution >= 0.6 is 11.6 Å². The van der Waals surface area contributed by atoms with Crippen LogP contribution < -0.4 is 15.4 Å². The Labute approximate surface area is 251 Å². The first-order valence-electron chi connectivity index (χ1n) is 14.8. The molecule has 1 saturated carbocycles. The van der Waals surface area contributed by atoms with Crippen LogP contribution in [0.1, 0.15) is 60.6 Å². The summed E-state index contributed by atoms with van der Waals surface area (Å²) in [6.45, 7) is 3.00. The van der Waals surface area contributed by atoms with Gasteiger partial charge in [-0.15, -0.1) is 0 Å². The number of halogens is 5. The highest BCUT2D eigenvalue weighted by Crippen LogP contribution is 2.46. The van der Waals surface area contributed by atoms with E-state index >= 15 is 0 Å². The fraction of sp³-hybridized carbons (Fsp3) is 0.600. The van der Waals surface area contributed by atoms with Crippen molar-refractivity contribution in [2.45, 2.75) is 69.1 Å². The summed E-state index contributed by atoms with van der Waals surface area (Å²) in [4.78, 5) is 13.9. The fourth-order valence-corrected chi connectivity index (χ4v) is 8.36. The van der Waals surface area contributed by atoms with Gasteiger partial charge in [0.15, 0.2) is 0 Å². The molecule has 0 amide bonds. The number of ether oxygens (including phenoxy) is 2. The number of fused-ring (bicyclic) bond motifs is 4. The van der Waals surface area contributed by atoms with E-state index in [0.29, 0.717) is 55.4 Å². The lowest BCUT2D eigenvalue weighted by Gasteiger charge is -2.36. The molecule has 0 radical (unpaired) electrons. The van der Waals surface area contributed by atoms with Gasteiger partial charge in [-0.2, -0.15) is 23.1 Å². The number of aliphatic hydroxyl groups is 1. The highest BCUT2D eigenvalue weighted by atomic mass is 35.5. The van der Waals surface area contributed by atoms with Crippen LogP contribution in [0.3, 0.4) is 0 Å². The number of nitrogens with two attached hydrogens (primary N) is 1. The van der Waals surface area contributed by atoms with Crippen molar-refractivity contribution in [1.29, 1.82) is 0 Å². The summed E-state index contributed by atoms with van der Waals surface area (Å²) in [5.74, 6) is 1.06. The zero-order chi connectivity index (χ0) is 30.1. The summed E-state index contributed by atoms with van der Waals surface area (Å²) < 4.78 is 68.1. The van der Waals surface area contributed by atoms with E-state index in [-0.39, 0.29) is 54.5 Å². The average molecular weight is 624 g/mol. The summed E-state index contributed by atoms with van der Waals surface area (Å²) in [5, 5.41) is 10.0. The molecule has 0 unspecified atom stereocenters. The van der Waals surface area contributed by atoms with E-state index in [9.17, 15) is 22.7 Å². The van der Waals surface area contributed by atoms with E-state index in [4.69, 9.17) is 36.8 Å². The van der Waals surface area contributed by atoms with Crippen LogP contribution in [0, 0.1) is 11.8 Å². The first-order valence-corrected chi connectivity index (χ1v) is 15.2. The first kappa shape index (κ1) is 29.1. The average Bonchev–Trinajstić information content (AvgIpc) is 3.59. The molecule has 8 nitrogen and oxygen atoms in total. The lowest BCUT2D eigenvalue weighted by atomic mass is 9.93. The number of nitrogens with zero attached hydrogens (tertiary/aromatic N) is 4. The number of hydrogen-bond acceptors (Lipinski definition) is 8. The van der Waals surface area contributed by atoms with Crippen molar-refractivity contribution in [3.8, 4) is 6.01 Å². The number of aliphatic hydroxyl groups excluding tert-OH is 1. The second-order valence-electron chi connectivity index (χ2n) is 12.8. The SMILES string of the molecule is Nc1cc(Cl)c(C(F)(F)F)c([C@@H]2Cc3nc(OC[C@@]45CCCN4C/C(=C\F)C5)nc(N4C[C@@H]5C[C@H](C4)[C@H](O)C5)c3CO2)c1. The Kier molecular flexibility index (Phi) is 7.26. The van der Waals surface area contributed by atoms with E-state index in [2.05, 4.69) is 9.80 Å². The summed E-state index contributed by atoms with van der Waals surface area (Å²) in [6, 6.07) is 2.49. The number of piperidine rings is 1. The summed E-state index contributed by atoms with van der Waals surface area (Å²) in [6.07, 6.45) is -1.24. The maximum Gasteiger partial charge on any atom is 0.418 e. The number of anilines is 2. The third kappa shape index (κ3) is 5.23. The summed E-state index contributed by atoms with van der Waals surface area (Å²) in [7, 11) is 0. The molecule has 3 saturated heterocycles. The summed E-state index contributed by atoms with van der Waals surface area (Å²) >= 11 is 6.04. The molecular weight excluding hydrogens is 590 g/mol. The molecule has 5 aliphatic rings. The molecule has 2 aromatic rings. The molecule has 3 N–H and O–H groups in total. The summed E-state index contributed by atoms with van der Waals surface area (Å²) in [5.41, 5.74) is 6.55. The van der Waals surface area contributed by atoms with E-state index in [1.54, 1.807) is 0 Å². The van der Waals surface area contributed by atoms with Gasteiger partial charge in [0.1, 0.15) is 12.4 Å². The molecule has 43 heavy (non-hydrogen) atoms. The Morgan fingerprint density at radius 1 is 1.23 bits per heavy atom. The number of nitrogen functional groups attached to an aromatic ring is 1. The molecule has 4 fully saturated rings. The molecule has 1 aromatic heterocycles. The van der Waals surface area contributed by atoms with Crippen LogP contribution in [0.4, 0.5) is 29.1 Å². The van der Waals surface area contributed by atoms with Crippen molar-refractivity contribution in [3.05, 3.63) is 51.4 Å². The lowest BCUT2D eigenvalue weighted by Crippen LogP contribution is -2.43. The van der Waals surface area contributed by atoms with Crippen LogP contribution in [-0.2, 0) is 23.9 Å². The van der Waals surface area contributed by atoms with Crippen molar-refractivity contribution in [2.24, 2.45) is 11.8 Å². The Hall–Kier alpha value is -2.67. The molecule has 232 valence electrons. The minimum atomic E-state index is -4.70. The van der Waals surface area contributed by atoms with Gasteiger partial charge in [0.2, 0.25) is 0 Å². The van der Waals surface area contributed by atoms with Gasteiger partial charge in [-0.25, -0.2) is 4.39 Å². The maximum atomic E-state index is 14.1. The van der Waals surface area contributed by atoms with Gasteiger partial charge < -0.3 is 25.2 Å². The van der Waals surface area contributed by atoms with Gasteiger partial charge in [0.25, 0.3) is 0 Å². The molecule has 7 rings (SSSR count). The Balaban J connectivity index is 1.24. The predicted octanol–water partition coefficient (Wildman–Crippen LogP) is 5.22. The lowest BCUT2D eigenvalue weighted by molar-refractivity contribution is -0.139. The van der Waals surface area contributed by atoms with Crippen molar-refractivity contribution in [1.82, 2.24) is 14.9 Å². The van der Waals surface area contributed by atoms with E-state index in [0.717, 1.165) is 43.9 Å². The van der Waals surface area contributed by atoms with Crippen LogP contribution in [-0.4, -0.2) is 64.4 Å². The standard InChI is InChI=1S/C30H34ClF4N5O3/c31-22-7-19(36)6-20(26(22)30(33,34)35)25-8-23-21(14-42-25)27(39-11-16-4-18(13-39)24(41)5-16)38-28(37-23)43-15-29-2-1-3-40(29)12-17(9-29)10-32/h6-7,10,16,18,24-25,41H,1-5,8-9,11-15,36H2/b17-10-/t16-,18-,24-,25+,29+/m1/s1. The Morgan fingerprint density at radius 3 is 2.84 bits per heavy atom. The fourth-order valence-electron chi connectivity index (χ4n) is 8.01. The van der Waals surface area contributed by atoms with Crippen molar-refractivity contribution >= 4 is 23.1 Å². The van der Waals surface area contributed by atoms with Gasteiger partial charge in [-0.05, 0) is 67.8 Å². The molecule has 0 spiro atoms. The molecule has 4 aliphatic heterocycles. The molecular formula is C30H34ClF4N5O3. The number of rotatable bonds is 5. The molecule has 13 heteroatoms. The minimum absolute atomic E-state index is 0.00388. The largest absolute Gasteiger partial charge is 0.461 e. The highest BCUT2D eigenvalue weighted by Gasteiger charge is 2.48. The number of aromatic nitrogens is 2. The zero-order valence-corrected chi connectivity index (χ0v) is 24.3. The Bertz CT molecular complexity index is 1460. The number of alkyl halides is 3. The highest BCUT2D eigenvalue weighted by molar-refractivity contribution is 6.31. The first-order chi connectivity index (χ1) is 20.5. The second kappa shape index (κ2) is 10.7. The smallest absolute Gasteiger partial charge is 0.418 e. The van der Waals surface area contributed by atoms with Crippen LogP contribution in [0.25, 0.3) is 0 Å². The number of hydrogen-bond donors (Lipinski definition) is 2. The zero-order valence-electron chi connectivity index (χ0n) is 23.5. The normalized spacial score (nSPS) is 31.5. The Morgan fingerprint density at radius 2 is 2.07 bits per heavy atom. The van der Waals surface area contributed by atoms with Gasteiger partial charge in [-0.1, -0.05) is 11.6 Å². The predicted molar refractivity (Wildman–Crippen MR) is 151 cm³/mol. The van der Waals surface area contributed by atoms with Gasteiger partial charge >= 0.3 is 12.2 Å². The topological polar surface area (TPSA) is 97.0 Å². The van der Waals surface area contributed by atoms with Crippen LogP contribution in [0.5, 0.6) is 6.01 Å². The van der Waals surface area contributed by atoms with Crippen molar-refractivity contribution < 1.29 is 32.1 Å². The maximum absolute atomic E-state index is 14.1. The van der Waals surface area contributed by atoms with E-state index in [1.807, 2.05) is 0 Å². The number of benzene rings is 1. The molecule has 1 aromatic carbocycles. The third-order valence-corrected chi connectivity index (χ3v) is 10.2. The van der Waals surface area contributed by atoms with Crippen LogP contribution in [0.15, 0.2) is 24.0 Å². The van der Waals surface area contributed by atoms with Gasteiger partial charge in [-0.3, -0.25) is 4.90 Å². The van der Waals surface area contributed by atoms with Gasteiger partial charge in [0.05, 0.1) is 47.0 Å². The van der Waals surface area contributed by atoms with Crippen molar-refractivity contribution in [2.75, 3.05) is 43.4 Å². The third-order valence-electron chi connectivity index (χ3n) is 9.93. The molecule has 5 heterocycles. The van der Waals surface area contributed by atoms with Crippen LogP contribution in [0.2, 0.25) is 5.02 Å². The molecule has 5 atom stereocenters. The van der Waals surface area contributed by atoms with Crippen molar-refractivity contribution in [3.63, 3.8) is 0 Å². The molecule has 1 aliphatic carbocycles. The minimum Gasteiger partial charge on any atom is -0.461 e.